The smallest absolute Gasteiger partial charge is 0.213 e. The molecule has 2 nitrogen and oxygen atoms in total. The number of aromatic nitrogens is 2. The Morgan fingerprint density at radius 2 is 1.22 bits per heavy atom. The van der Waals surface area contributed by atoms with Gasteiger partial charge in [0.1, 0.15) is 5.82 Å². The molecule has 3 aromatic carbocycles. The topological polar surface area (TPSA) is 17.8 Å². The van der Waals surface area contributed by atoms with Crippen molar-refractivity contribution in [1.82, 2.24) is 9.55 Å². The number of hydrogen-bond acceptors (Lipinski definition) is 1. The molecule has 4 rings (SSSR count). The minimum atomic E-state index is 0.430. The zero-order valence-electron chi connectivity index (χ0n) is 22.6. The molecule has 0 fully saturated rings. The minimum absolute atomic E-state index is 0.430. The first-order chi connectivity index (χ1) is 18.3. The summed E-state index contributed by atoms with van der Waals surface area (Å²) in [5.41, 5.74) is 3.92. The molecule has 0 aliphatic rings. The van der Waals surface area contributed by atoms with Gasteiger partial charge in [-0.2, -0.15) is 0 Å². The number of hydrogen-bond donors (Lipinski definition) is 0. The molecule has 0 radical (unpaired) electrons. The lowest BCUT2D eigenvalue weighted by Gasteiger charge is -2.12. The number of allylic oxidation sites excluding steroid dienone is 1. The van der Waals surface area contributed by atoms with E-state index in [1.807, 2.05) is 12.3 Å². The molecule has 3 heteroatoms. The second kappa shape index (κ2) is 17.2. The summed E-state index contributed by atoms with van der Waals surface area (Å²) in [4.78, 5) is 4.50. The van der Waals surface area contributed by atoms with Gasteiger partial charge in [-0.05, 0) is 12.7 Å². The van der Waals surface area contributed by atoms with Gasteiger partial charge in [-0.15, -0.1) is 6.58 Å². The molecular formula is C34H43BN2. The summed E-state index contributed by atoms with van der Waals surface area (Å²) < 4.78 is 2.28. The maximum atomic E-state index is 4.50. The van der Waals surface area contributed by atoms with Crippen LogP contribution in [0.4, 0.5) is 0 Å². The van der Waals surface area contributed by atoms with Crippen molar-refractivity contribution in [3.05, 3.63) is 116 Å². The second-order valence-corrected chi connectivity index (χ2v) is 9.68. The lowest BCUT2D eigenvalue weighted by Crippen LogP contribution is -2.41. The quantitative estimate of drug-likeness (QED) is 0.0990. The van der Waals surface area contributed by atoms with E-state index in [1.165, 1.54) is 67.9 Å². The molecule has 0 saturated carbocycles. The summed E-state index contributed by atoms with van der Waals surface area (Å²) in [6.45, 7) is 7.64. The second-order valence-electron chi connectivity index (χ2n) is 9.68. The first kappa shape index (κ1) is 28.2. The lowest BCUT2D eigenvalue weighted by atomic mass is 9.39. The van der Waals surface area contributed by atoms with Gasteiger partial charge in [0.25, 0.3) is 0 Å². The van der Waals surface area contributed by atoms with Crippen LogP contribution in [0.15, 0.2) is 116 Å². The van der Waals surface area contributed by atoms with Crippen molar-refractivity contribution < 1.29 is 0 Å². The van der Waals surface area contributed by atoms with E-state index < -0.39 is 0 Å². The molecule has 37 heavy (non-hydrogen) atoms. The summed E-state index contributed by atoms with van der Waals surface area (Å²) >= 11 is 0. The zero-order chi connectivity index (χ0) is 26.0. The average molecular weight is 491 g/mol. The molecule has 0 bridgehead atoms. The fourth-order valence-corrected chi connectivity index (χ4v) is 4.76. The highest BCUT2D eigenvalue weighted by molar-refractivity contribution is 6.85. The van der Waals surface area contributed by atoms with Gasteiger partial charge in [0.2, 0.25) is 6.71 Å². The van der Waals surface area contributed by atoms with Crippen molar-refractivity contribution in [3.8, 4) is 11.4 Å². The summed E-state index contributed by atoms with van der Waals surface area (Å²) in [6.07, 6.45) is 17.9. The highest BCUT2D eigenvalue weighted by Crippen LogP contribution is 2.18. The molecule has 0 aliphatic heterocycles. The van der Waals surface area contributed by atoms with Crippen molar-refractivity contribution in [2.24, 2.45) is 0 Å². The highest BCUT2D eigenvalue weighted by atomic mass is 15.1. The van der Waals surface area contributed by atoms with Gasteiger partial charge in [-0.1, -0.05) is 160 Å². The average Bonchev–Trinajstić information content (AvgIpc) is 3.43. The van der Waals surface area contributed by atoms with Crippen LogP contribution in [-0.4, -0.2) is 16.3 Å². The maximum absolute atomic E-state index is 4.50. The van der Waals surface area contributed by atoms with E-state index in [1.54, 1.807) is 0 Å². The molecule has 0 amide bonds. The van der Waals surface area contributed by atoms with Crippen molar-refractivity contribution in [3.63, 3.8) is 0 Å². The van der Waals surface area contributed by atoms with Gasteiger partial charge < -0.3 is 4.57 Å². The molecular weight excluding hydrogens is 447 g/mol. The summed E-state index contributed by atoms with van der Waals surface area (Å²) in [6, 6.07) is 31.7. The van der Waals surface area contributed by atoms with E-state index in [4.69, 9.17) is 0 Å². The van der Waals surface area contributed by atoms with Crippen LogP contribution in [0.3, 0.4) is 0 Å². The third-order valence-electron chi connectivity index (χ3n) is 6.81. The minimum Gasteiger partial charge on any atom is -0.331 e. The van der Waals surface area contributed by atoms with Crippen LogP contribution < -0.4 is 10.9 Å². The van der Waals surface area contributed by atoms with Crippen LogP contribution in [0.1, 0.15) is 58.3 Å². The van der Waals surface area contributed by atoms with Crippen LogP contribution >= 0.6 is 0 Å². The number of benzene rings is 3. The maximum Gasteiger partial charge on any atom is 0.213 e. The Kier molecular flexibility index (Phi) is 13.1. The standard InChI is InChI=1S/C19H28N2.C15H15B/c1-2-3-4-5-6-7-8-12-16-21-17-15-20-19(21)18-13-10-9-11-14-18;1-2-13-16(14-9-5-3-6-10-14)15-11-7-4-8-12-15/h9-11,13-15,17H,2-8,12,16H2,1H3;2-12H,1,13H2. The Morgan fingerprint density at radius 3 is 1.76 bits per heavy atom. The molecule has 0 saturated heterocycles. The number of imidazole rings is 1. The molecule has 4 aromatic rings. The number of unbranched alkanes of at least 4 members (excludes halogenated alkanes) is 7. The van der Waals surface area contributed by atoms with Gasteiger partial charge in [-0.3, -0.25) is 0 Å². The Morgan fingerprint density at radius 1 is 0.703 bits per heavy atom. The van der Waals surface area contributed by atoms with E-state index in [-0.39, 0.29) is 0 Å². The van der Waals surface area contributed by atoms with Crippen molar-refractivity contribution >= 4 is 17.6 Å². The van der Waals surface area contributed by atoms with Gasteiger partial charge in [0, 0.05) is 24.5 Å². The van der Waals surface area contributed by atoms with E-state index in [9.17, 15) is 0 Å². The number of aryl methyl sites for hydroxylation is 1. The molecule has 0 unspecified atom stereocenters. The van der Waals surface area contributed by atoms with E-state index in [2.05, 4.69) is 120 Å². The summed E-state index contributed by atoms with van der Waals surface area (Å²) in [7, 11) is 0. The van der Waals surface area contributed by atoms with Crippen molar-refractivity contribution in [2.45, 2.75) is 71.2 Å². The Labute approximate surface area is 225 Å². The Bertz CT molecular complexity index is 1070. The zero-order valence-corrected chi connectivity index (χ0v) is 22.6. The predicted molar refractivity (Wildman–Crippen MR) is 163 cm³/mol. The van der Waals surface area contributed by atoms with E-state index >= 15 is 0 Å². The molecule has 1 heterocycles. The van der Waals surface area contributed by atoms with Crippen molar-refractivity contribution in [1.29, 1.82) is 0 Å². The largest absolute Gasteiger partial charge is 0.331 e. The monoisotopic (exact) mass is 490 g/mol. The highest BCUT2D eigenvalue weighted by Gasteiger charge is 2.16. The first-order valence-electron chi connectivity index (χ1n) is 14.1. The van der Waals surface area contributed by atoms with Crippen LogP contribution in [0, 0.1) is 0 Å². The van der Waals surface area contributed by atoms with Crippen molar-refractivity contribution in [2.75, 3.05) is 0 Å². The van der Waals surface area contributed by atoms with Gasteiger partial charge in [0.15, 0.2) is 0 Å². The number of rotatable bonds is 14. The Hall–Kier alpha value is -3.33. The number of nitrogens with zero attached hydrogens (tertiary/aromatic N) is 2. The molecule has 0 spiro atoms. The van der Waals surface area contributed by atoms with Crippen LogP contribution in [-0.2, 0) is 6.54 Å². The van der Waals surface area contributed by atoms with Crippen LogP contribution in [0.5, 0.6) is 0 Å². The summed E-state index contributed by atoms with van der Waals surface area (Å²) in [5.74, 6) is 1.10. The fourth-order valence-electron chi connectivity index (χ4n) is 4.76. The molecule has 192 valence electrons. The summed E-state index contributed by atoms with van der Waals surface area (Å²) in [5, 5.41) is 0. The third kappa shape index (κ3) is 9.92. The van der Waals surface area contributed by atoms with Crippen LogP contribution in [0.25, 0.3) is 11.4 Å². The fraction of sp³-hybridized carbons (Fsp3) is 0.324. The molecule has 0 N–H and O–H groups in total. The van der Waals surface area contributed by atoms with E-state index in [0.29, 0.717) is 6.71 Å². The predicted octanol–water partition coefficient (Wildman–Crippen LogP) is 8.17. The first-order valence-corrected chi connectivity index (χ1v) is 14.1. The third-order valence-corrected chi connectivity index (χ3v) is 6.81. The van der Waals surface area contributed by atoms with E-state index in [0.717, 1.165) is 18.7 Å². The normalized spacial score (nSPS) is 10.4. The van der Waals surface area contributed by atoms with Crippen LogP contribution in [0.2, 0.25) is 6.32 Å². The SMILES string of the molecule is C=CCB(c1ccccc1)c1ccccc1.CCCCCCCCCCn1ccnc1-c1ccccc1. The Balaban J connectivity index is 0.000000213. The molecule has 1 aromatic heterocycles. The molecule has 0 aliphatic carbocycles. The molecule has 0 atom stereocenters. The van der Waals surface area contributed by atoms with Gasteiger partial charge in [0.05, 0.1) is 0 Å². The van der Waals surface area contributed by atoms with Gasteiger partial charge >= 0.3 is 0 Å². The van der Waals surface area contributed by atoms with Gasteiger partial charge in [-0.25, -0.2) is 4.98 Å². The lowest BCUT2D eigenvalue weighted by molar-refractivity contribution is 0.545.